The lowest BCUT2D eigenvalue weighted by Gasteiger charge is -2.28. The molecule has 4 nitrogen and oxygen atoms in total. The molecule has 1 atom stereocenters. The van der Waals surface area contributed by atoms with Crippen LogP contribution in [0.1, 0.15) is 37.4 Å². The van der Waals surface area contributed by atoms with Crippen molar-refractivity contribution >= 4 is 5.91 Å². The number of hydrogen-bond donors (Lipinski definition) is 2. The van der Waals surface area contributed by atoms with Crippen molar-refractivity contribution in [1.29, 1.82) is 0 Å². The van der Waals surface area contributed by atoms with Gasteiger partial charge in [-0.25, -0.2) is 0 Å². The zero-order valence-corrected chi connectivity index (χ0v) is 12.6. The van der Waals surface area contributed by atoms with Gasteiger partial charge in [0.1, 0.15) is 0 Å². The third-order valence-corrected chi connectivity index (χ3v) is 3.70. The van der Waals surface area contributed by atoms with Crippen molar-refractivity contribution in [2.24, 2.45) is 0 Å². The van der Waals surface area contributed by atoms with E-state index >= 15 is 0 Å². The molecule has 0 radical (unpaired) electrons. The van der Waals surface area contributed by atoms with E-state index in [1.165, 1.54) is 11.1 Å². The molecule has 1 unspecified atom stereocenters. The molecule has 20 heavy (non-hydrogen) atoms. The maximum atomic E-state index is 11.9. The maximum Gasteiger partial charge on any atom is 0.234 e. The summed E-state index contributed by atoms with van der Waals surface area (Å²) in [6.45, 7) is 6.32. The minimum Gasteiger partial charge on any atom is -0.353 e. The summed E-state index contributed by atoms with van der Waals surface area (Å²) in [5.74, 6) is 0.0946. The van der Waals surface area contributed by atoms with E-state index in [1.54, 1.807) is 0 Å². The molecule has 0 bridgehead atoms. The quantitative estimate of drug-likeness (QED) is 0.878. The highest BCUT2D eigenvalue weighted by molar-refractivity contribution is 5.78. The summed E-state index contributed by atoms with van der Waals surface area (Å²) in [7, 11) is 2.03. The molecule has 0 aliphatic carbocycles. The fourth-order valence-corrected chi connectivity index (χ4v) is 2.80. The Morgan fingerprint density at radius 1 is 1.45 bits per heavy atom. The van der Waals surface area contributed by atoms with E-state index in [1.807, 2.05) is 20.9 Å². The van der Waals surface area contributed by atoms with E-state index in [0.717, 1.165) is 19.5 Å². The molecule has 0 fully saturated rings. The third kappa shape index (κ3) is 3.81. The Morgan fingerprint density at radius 2 is 2.20 bits per heavy atom. The standard InChI is InChI=1S/C16H25N3O/c1-12(2)18-16(20)11-19(3)15-8-9-17-10-13-6-4-5-7-14(13)15/h4-7,12,15,17H,8-11H2,1-3H3,(H,18,20). The van der Waals surface area contributed by atoms with E-state index in [0.29, 0.717) is 12.6 Å². The lowest BCUT2D eigenvalue weighted by molar-refractivity contribution is -0.123. The monoisotopic (exact) mass is 275 g/mol. The average Bonchev–Trinajstić information content (AvgIpc) is 2.59. The number of nitrogens with zero attached hydrogens (tertiary/aromatic N) is 1. The molecule has 0 aromatic heterocycles. The van der Waals surface area contributed by atoms with Crippen LogP contribution in [0, 0.1) is 0 Å². The summed E-state index contributed by atoms with van der Waals surface area (Å²) < 4.78 is 0. The second-order valence-electron chi connectivity index (χ2n) is 5.82. The fourth-order valence-electron chi connectivity index (χ4n) is 2.80. The van der Waals surface area contributed by atoms with Gasteiger partial charge in [-0.05, 0) is 45.0 Å². The molecule has 2 N–H and O–H groups in total. The van der Waals surface area contributed by atoms with Crippen molar-refractivity contribution < 1.29 is 4.79 Å². The number of fused-ring (bicyclic) bond motifs is 1. The average molecular weight is 275 g/mol. The number of carbonyl (C=O) groups excluding carboxylic acids is 1. The van der Waals surface area contributed by atoms with Gasteiger partial charge in [0.15, 0.2) is 0 Å². The Bertz CT molecular complexity index is 459. The van der Waals surface area contributed by atoms with Crippen molar-refractivity contribution in [3.63, 3.8) is 0 Å². The zero-order chi connectivity index (χ0) is 14.5. The van der Waals surface area contributed by atoms with Crippen LogP contribution in [0.2, 0.25) is 0 Å². The van der Waals surface area contributed by atoms with Gasteiger partial charge >= 0.3 is 0 Å². The van der Waals surface area contributed by atoms with Gasteiger partial charge in [0.05, 0.1) is 6.54 Å². The summed E-state index contributed by atoms with van der Waals surface area (Å²) in [5.41, 5.74) is 2.68. The predicted molar refractivity (Wildman–Crippen MR) is 81.4 cm³/mol. The minimum atomic E-state index is 0.0946. The van der Waals surface area contributed by atoms with Gasteiger partial charge in [-0.3, -0.25) is 9.69 Å². The van der Waals surface area contributed by atoms with Crippen LogP contribution < -0.4 is 10.6 Å². The first-order valence-corrected chi connectivity index (χ1v) is 7.36. The first kappa shape index (κ1) is 15.0. The summed E-state index contributed by atoms with van der Waals surface area (Å²) in [5, 5.41) is 6.40. The topological polar surface area (TPSA) is 44.4 Å². The van der Waals surface area contributed by atoms with Crippen molar-refractivity contribution in [3.05, 3.63) is 35.4 Å². The molecule has 0 saturated carbocycles. The van der Waals surface area contributed by atoms with E-state index in [2.05, 4.69) is 39.8 Å². The van der Waals surface area contributed by atoms with Crippen LogP contribution in [0.5, 0.6) is 0 Å². The highest BCUT2D eigenvalue weighted by atomic mass is 16.2. The molecule has 1 aliphatic rings. The minimum absolute atomic E-state index is 0.0946. The molecule has 1 aromatic rings. The van der Waals surface area contributed by atoms with Crippen LogP contribution in [-0.4, -0.2) is 37.0 Å². The first-order chi connectivity index (χ1) is 9.58. The molecule has 1 heterocycles. The Kier molecular flexibility index (Phi) is 5.15. The van der Waals surface area contributed by atoms with Gasteiger partial charge in [-0.15, -0.1) is 0 Å². The Morgan fingerprint density at radius 3 is 2.95 bits per heavy atom. The van der Waals surface area contributed by atoms with Crippen LogP contribution in [-0.2, 0) is 11.3 Å². The number of amides is 1. The maximum absolute atomic E-state index is 11.9. The second-order valence-corrected chi connectivity index (χ2v) is 5.82. The lowest BCUT2D eigenvalue weighted by atomic mass is 9.98. The number of likely N-dealkylation sites (N-methyl/N-ethyl adjacent to an activating group) is 1. The van der Waals surface area contributed by atoms with Crippen LogP contribution in [0.4, 0.5) is 0 Å². The summed E-state index contributed by atoms with van der Waals surface area (Å²) in [6, 6.07) is 9.01. The van der Waals surface area contributed by atoms with Gasteiger partial charge < -0.3 is 10.6 Å². The molecule has 110 valence electrons. The van der Waals surface area contributed by atoms with Crippen molar-refractivity contribution in [1.82, 2.24) is 15.5 Å². The van der Waals surface area contributed by atoms with Crippen molar-refractivity contribution in [3.8, 4) is 0 Å². The van der Waals surface area contributed by atoms with E-state index in [-0.39, 0.29) is 11.9 Å². The molecule has 0 saturated heterocycles. The van der Waals surface area contributed by atoms with Crippen LogP contribution in [0.3, 0.4) is 0 Å². The summed E-state index contributed by atoms with van der Waals surface area (Å²) >= 11 is 0. The Hall–Kier alpha value is -1.39. The van der Waals surface area contributed by atoms with Crippen molar-refractivity contribution in [2.45, 2.75) is 38.9 Å². The molecule has 1 amide bonds. The molecular weight excluding hydrogens is 250 g/mol. The van der Waals surface area contributed by atoms with Crippen LogP contribution in [0.25, 0.3) is 0 Å². The van der Waals surface area contributed by atoms with E-state index in [9.17, 15) is 4.79 Å². The summed E-state index contributed by atoms with van der Waals surface area (Å²) in [6.07, 6.45) is 1.03. The number of rotatable bonds is 4. The molecule has 1 aromatic carbocycles. The normalized spacial score (nSPS) is 18.8. The predicted octanol–water partition coefficient (Wildman–Crippen LogP) is 1.68. The fraction of sp³-hybridized carbons (Fsp3) is 0.562. The Labute approximate surface area is 121 Å². The lowest BCUT2D eigenvalue weighted by Crippen LogP contribution is -2.40. The first-order valence-electron chi connectivity index (χ1n) is 7.36. The zero-order valence-electron chi connectivity index (χ0n) is 12.6. The summed E-state index contributed by atoms with van der Waals surface area (Å²) in [4.78, 5) is 14.1. The van der Waals surface area contributed by atoms with E-state index in [4.69, 9.17) is 0 Å². The molecule has 2 rings (SSSR count). The van der Waals surface area contributed by atoms with E-state index < -0.39 is 0 Å². The van der Waals surface area contributed by atoms with Gasteiger partial charge in [0.2, 0.25) is 5.91 Å². The molecular formula is C16H25N3O. The van der Waals surface area contributed by atoms with Crippen LogP contribution >= 0.6 is 0 Å². The smallest absolute Gasteiger partial charge is 0.234 e. The molecule has 4 heteroatoms. The number of hydrogen-bond acceptors (Lipinski definition) is 3. The van der Waals surface area contributed by atoms with Gasteiger partial charge in [0.25, 0.3) is 0 Å². The SMILES string of the molecule is CC(C)NC(=O)CN(C)C1CCNCc2ccccc21. The van der Waals surface area contributed by atoms with Crippen LogP contribution in [0.15, 0.2) is 24.3 Å². The van der Waals surface area contributed by atoms with Crippen molar-refractivity contribution in [2.75, 3.05) is 20.1 Å². The number of nitrogens with one attached hydrogen (secondary N) is 2. The van der Waals surface area contributed by atoms with Gasteiger partial charge in [-0.1, -0.05) is 24.3 Å². The van der Waals surface area contributed by atoms with Gasteiger partial charge in [-0.2, -0.15) is 0 Å². The molecule has 1 aliphatic heterocycles. The second kappa shape index (κ2) is 6.86. The molecule has 0 spiro atoms. The number of benzene rings is 1. The number of carbonyl (C=O) groups is 1. The highest BCUT2D eigenvalue weighted by Crippen LogP contribution is 2.27. The van der Waals surface area contributed by atoms with Gasteiger partial charge in [0, 0.05) is 18.6 Å². The highest BCUT2D eigenvalue weighted by Gasteiger charge is 2.23. The largest absolute Gasteiger partial charge is 0.353 e. The third-order valence-electron chi connectivity index (χ3n) is 3.70. The Balaban J connectivity index is 2.09.